The maximum absolute atomic E-state index is 12.5. The molecule has 1 aromatic heterocycles. The fourth-order valence-corrected chi connectivity index (χ4v) is 3.19. The molecule has 0 saturated carbocycles. The Labute approximate surface area is 167 Å². The number of furan rings is 1. The molecule has 1 saturated heterocycles. The normalized spacial score (nSPS) is 15.8. The van der Waals surface area contributed by atoms with E-state index in [4.69, 9.17) is 21.4 Å². The monoisotopic (exact) mass is 398 g/mol. The van der Waals surface area contributed by atoms with Crippen LogP contribution in [-0.2, 0) is 14.3 Å². The van der Waals surface area contributed by atoms with E-state index in [1.54, 1.807) is 37.3 Å². The molecule has 1 aromatic carbocycles. The molecule has 0 atom stereocenters. The van der Waals surface area contributed by atoms with Gasteiger partial charge in [0.15, 0.2) is 5.11 Å². The smallest absolute Gasteiger partial charge is 0.337 e. The van der Waals surface area contributed by atoms with Crippen LogP contribution in [0.15, 0.2) is 40.3 Å². The van der Waals surface area contributed by atoms with E-state index in [9.17, 15) is 14.4 Å². The van der Waals surface area contributed by atoms with Crippen LogP contribution in [0.3, 0.4) is 0 Å². The Morgan fingerprint density at radius 1 is 1.29 bits per heavy atom. The van der Waals surface area contributed by atoms with Crippen LogP contribution in [0.5, 0.6) is 0 Å². The van der Waals surface area contributed by atoms with Gasteiger partial charge in [-0.05, 0) is 62.0 Å². The number of rotatable bonds is 4. The summed E-state index contributed by atoms with van der Waals surface area (Å²) in [6.07, 6.45) is 1.39. The number of benzene rings is 1. The van der Waals surface area contributed by atoms with Crippen LogP contribution in [0.2, 0.25) is 0 Å². The highest BCUT2D eigenvalue weighted by molar-refractivity contribution is 7.80. The molecule has 144 valence electrons. The molecule has 0 spiro atoms. The van der Waals surface area contributed by atoms with Crippen LogP contribution in [0, 0.1) is 6.92 Å². The van der Waals surface area contributed by atoms with E-state index < -0.39 is 17.8 Å². The molecule has 1 aliphatic rings. The van der Waals surface area contributed by atoms with Crippen molar-refractivity contribution in [3.8, 4) is 11.3 Å². The number of hydrogen-bond donors (Lipinski definition) is 1. The maximum atomic E-state index is 12.5. The van der Waals surface area contributed by atoms with Crippen molar-refractivity contribution in [1.82, 2.24) is 10.2 Å². The summed E-state index contributed by atoms with van der Waals surface area (Å²) in [5.41, 5.74) is 2.00. The van der Waals surface area contributed by atoms with Crippen LogP contribution < -0.4 is 5.32 Å². The number of likely N-dealkylation sites (N-methyl/N-ethyl adjacent to an activating group) is 1. The lowest BCUT2D eigenvalue weighted by Gasteiger charge is -2.27. The lowest BCUT2D eigenvalue weighted by atomic mass is 10.0. The van der Waals surface area contributed by atoms with Crippen LogP contribution in [-0.4, -0.2) is 41.5 Å². The molecule has 7 nitrogen and oxygen atoms in total. The third kappa shape index (κ3) is 3.59. The second kappa shape index (κ2) is 7.77. The minimum Gasteiger partial charge on any atom is -0.465 e. The highest BCUT2D eigenvalue weighted by Crippen LogP contribution is 2.28. The second-order valence-electron chi connectivity index (χ2n) is 6.09. The van der Waals surface area contributed by atoms with Gasteiger partial charge in [-0.1, -0.05) is 6.07 Å². The fraction of sp³-hybridized carbons (Fsp3) is 0.200. The number of carbonyl (C=O) groups excluding carboxylic acids is 3. The van der Waals surface area contributed by atoms with Crippen LogP contribution >= 0.6 is 12.2 Å². The summed E-state index contributed by atoms with van der Waals surface area (Å²) >= 11 is 5.01. The van der Waals surface area contributed by atoms with Crippen molar-refractivity contribution in [3.63, 3.8) is 0 Å². The highest BCUT2D eigenvalue weighted by Gasteiger charge is 2.32. The first-order chi connectivity index (χ1) is 13.3. The quantitative estimate of drug-likeness (QED) is 0.369. The molecule has 2 amide bonds. The van der Waals surface area contributed by atoms with Crippen LogP contribution in [0.1, 0.15) is 28.6 Å². The first-order valence-electron chi connectivity index (χ1n) is 8.53. The summed E-state index contributed by atoms with van der Waals surface area (Å²) in [5.74, 6) is -0.537. The zero-order chi connectivity index (χ0) is 20.4. The van der Waals surface area contributed by atoms with Crippen molar-refractivity contribution in [3.05, 3.63) is 52.8 Å². The standard InChI is InChI=1S/C20H18N2O5S/c1-4-22-18(24)15(17(23)21-20(22)28)10-13-6-8-16(27-13)14-7-5-12(9-11(14)2)19(25)26-3/h5-10H,4H2,1-3H3,(H,21,23,28)/b15-10+. The van der Waals surface area contributed by atoms with Crippen LogP contribution in [0.4, 0.5) is 0 Å². The summed E-state index contributed by atoms with van der Waals surface area (Å²) in [6, 6.07) is 8.51. The zero-order valence-corrected chi connectivity index (χ0v) is 16.4. The van der Waals surface area contributed by atoms with Crippen molar-refractivity contribution >= 4 is 41.2 Å². The number of ether oxygens (including phenoxy) is 1. The van der Waals surface area contributed by atoms with Gasteiger partial charge in [-0.3, -0.25) is 19.8 Å². The van der Waals surface area contributed by atoms with Gasteiger partial charge in [0.2, 0.25) is 0 Å². The van der Waals surface area contributed by atoms with Crippen LogP contribution in [0.25, 0.3) is 17.4 Å². The summed E-state index contributed by atoms with van der Waals surface area (Å²) in [4.78, 5) is 37.6. The number of aryl methyl sites for hydroxylation is 1. The van der Waals surface area contributed by atoms with Crippen molar-refractivity contribution in [2.75, 3.05) is 13.7 Å². The molecule has 0 radical (unpaired) electrons. The second-order valence-corrected chi connectivity index (χ2v) is 6.48. The fourth-order valence-electron chi connectivity index (χ4n) is 2.88. The van der Waals surface area contributed by atoms with Gasteiger partial charge >= 0.3 is 5.97 Å². The largest absolute Gasteiger partial charge is 0.465 e. The molecule has 0 aliphatic carbocycles. The Kier molecular flexibility index (Phi) is 5.41. The lowest BCUT2D eigenvalue weighted by molar-refractivity contribution is -0.128. The Balaban J connectivity index is 1.91. The van der Waals surface area contributed by atoms with E-state index in [1.807, 2.05) is 6.92 Å². The molecule has 2 heterocycles. The van der Waals surface area contributed by atoms with E-state index in [0.717, 1.165) is 11.1 Å². The molecule has 1 N–H and O–H groups in total. The first-order valence-corrected chi connectivity index (χ1v) is 8.94. The van der Waals surface area contributed by atoms with E-state index in [2.05, 4.69) is 5.32 Å². The number of nitrogens with zero attached hydrogens (tertiary/aromatic N) is 1. The molecule has 1 fully saturated rings. The Morgan fingerprint density at radius 2 is 2.04 bits per heavy atom. The SMILES string of the molecule is CCN1C(=O)/C(=C/c2ccc(-c3ccc(C(=O)OC)cc3C)o2)C(=O)NC1=S. The van der Waals surface area contributed by atoms with E-state index in [0.29, 0.717) is 23.6 Å². The van der Waals surface area contributed by atoms with E-state index in [-0.39, 0.29) is 10.7 Å². The predicted octanol–water partition coefficient (Wildman–Crippen LogP) is 2.69. The number of methoxy groups -OCH3 is 1. The van der Waals surface area contributed by atoms with Gasteiger partial charge in [0, 0.05) is 12.1 Å². The number of hydrogen-bond acceptors (Lipinski definition) is 6. The Morgan fingerprint density at radius 3 is 2.68 bits per heavy atom. The minimum absolute atomic E-state index is 0.0471. The summed E-state index contributed by atoms with van der Waals surface area (Å²) in [6.45, 7) is 3.97. The van der Waals surface area contributed by atoms with Crippen molar-refractivity contribution < 1.29 is 23.5 Å². The molecule has 3 rings (SSSR count). The lowest BCUT2D eigenvalue weighted by Crippen LogP contribution is -2.53. The Hall–Kier alpha value is -3.26. The number of carbonyl (C=O) groups is 3. The van der Waals surface area contributed by atoms with Gasteiger partial charge in [0.25, 0.3) is 11.8 Å². The summed E-state index contributed by atoms with van der Waals surface area (Å²) in [5, 5.41) is 2.59. The molecule has 8 heteroatoms. The molecule has 1 aliphatic heterocycles. The van der Waals surface area contributed by atoms with Gasteiger partial charge in [-0.25, -0.2) is 4.79 Å². The molecular weight excluding hydrogens is 380 g/mol. The molecular formula is C20H18N2O5S. The van der Waals surface area contributed by atoms with E-state index >= 15 is 0 Å². The number of nitrogens with one attached hydrogen (secondary N) is 1. The average molecular weight is 398 g/mol. The van der Waals surface area contributed by atoms with Gasteiger partial charge in [-0.15, -0.1) is 0 Å². The molecule has 0 unspecified atom stereocenters. The zero-order valence-electron chi connectivity index (χ0n) is 15.6. The van der Waals surface area contributed by atoms with Gasteiger partial charge in [0.05, 0.1) is 12.7 Å². The third-order valence-corrected chi connectivity index (χ3v) is 4.65. The van der Waals surface area contributed by atoms with Gasteiger partial charge < -0.3 is 9.15 Å². The predicted molar refractivity (Wildman–Crippen MR) is 106 cm³/mol. The highest BCUT2D eigenvalue weighted by atomic mass is 32.1. The number of amides is 2. The number of esters is 1. The molecule has 28 heavy (non-hydrogen) atoms. The summed E-state index contributed by atoms with van der Waals surface area (Å²) < 4.78 is 10.5. The third-order valence-electron chi connectivity index (χ3n) is 4.33. The first kappa shape index (κ1) is 19.5. The van der Waals surface area contributed by atoms with Crippen molar-refractivity contribution in [1.29, 1.82) is 0 Å². The Bertz CT molecular complexity index is 1020. The van der Waals surface area contributed by atoms with E-state index in [1.165, 1.54) is 18.1 Å². The van der Waals surface area contributed by atoms with Gasteiger partial charge in [0.1, 0.15) is 17.1 Å². The topological polar surface area (TPSA) is 88.8 Å². The van der Waals surface area contributed by atoms with Crippen molar-refractivity contribution in [2.45, 2.75) is 13.8 Å². The minimum atomic E-state index is -0.559. The number of thiocarbonyl (C=S) groups is 1. The molecule has 0 bridgehead atoms. The van der Waals surface area contributed by atoms with Gasteiger partial charge in [-0.2, -0.15) is 0 Å². The maximum Gasteiger partial charge on any atom is 0.337 e. The van der Waals surface area contributed by atoms with Crippen molar-refractivity contribution in [2.24, 2.45) is 0 Å². The molecule has 2 aromatic rings. The average Bonchev–Trinajstić information content (AvgIpc) is 3.13. The summed E-state index contributed by atoms with van der Waals surface area (Å²) in [7, 11) is 1.33.